The van der Waals surface area contributed by atoms with Crippen LogP contribution in [0.25, 0.3) is 0 Å². The van der Waals surface area contributed by atoms with Gasteiger partial charge in [0, 0.05) is 4.47 Å². The molecule has 2 aromatic rings. The number of rotatable bonds is 4. The van der Waals surface area contributed by atoms with Crippen LogP contribution in [0.5, 0.6) is 0 Å². The third kappa shape index (κ3) is 3.33. The van der Waals surface area contributed by atoms with Crippen LogP contribution in [0, 0.1) is 6.92 Å². The molecule has 1 N–H and O–H groups in total. The first-order chi connectivity index (χ1) is 10.6. The van der Waals surface area contributed by atoms with Gasteiger partial charge in [-0.2, -0.15) is 0 Å². The molecule has 0 aromatic heterocycles. The molecule has 1 aliphatic rings. The lowest BCUT2D eigenvalue weighted by Crippen LogP contribution is -2.35. The molecule has 0 unspecified atom stereocenters. The highest BCUT2D eigenvalue weighted by Crippen LogP contribution is 2.47. The molecule has 3 rings (SSSR count). The Morgan fingerprint density at radius 2 is 1.95 bits per heavy atom. The first-order valence-electron chi connectivity index (χ1n) is 7.35. The number of hydrogen-bond donors (Lipinski definition) is 1. The summed E-state index contributed by atoms with van der Waals surface area (Å²) in [6.07, 6.45) is 1.54. The number of aryl methyl sites for hydroxylation is 1. The van der Waals surface area contributed by atoms with Gasteiger partial charge in [0.05, 0.1) is 5.54 Å². The second-order valence-corrected chi connectivity index (χ2v) is 6.64. The van der Waals surface area contributed by atoms with Gasteiger partial charge in [-0.1, -0.05) is 52.3 Å². The lowest BCUT2D eigenvalue weighted by atomic mass is 9.99. The van der Waals surface area contributed by atoms with Crippen LogP contribution in [0.15, 0.2) is 53.0 Å². The van der Waals surface area contributed by atoms with Crippen molar-refractivity contribution >= 4 is 22.0 Å². The Bertz CT molecular complexity index is 681. The molecule has 3 nitrogen and oxygen atoms in total. The summed E-state index contributed by atoms with van der Waals surface area (Å²) in [5, 5.41) is 3.04. The number of benzene rings is 2. The Labute approximate surface area is 138 Å². The van der Waals surface area contributed by atoms with E-state index in [1.165, 1.54) is 11.1 Å². The lowest BCUT2D eigenvalue weighted by molar-refractivity contribution is 0.134. The summed E-state index contributed by atoms with van der Waals surface area (Å²) in [6.45, 7) is 2.36. The predicted octanol–water partition coefficient (Wildman–Crippen LogP) is 4.67. The SMILES string of the molecule is Cc1ccc(Br)cc1C1(NC(=O)OCc2ccccc2)CC1. The molecule has 0 spiro atoms. The Kier molecular flexibility index (Phi) is 4.21. The maximum atomic E-state index is 12.1. The molecule has 0 bridgehead atoms. The van der Waals surface area contributed by atoms with Crippen molar-refractivity contribution in [1.29, 1.82) is 0 Å². The Morgan fingerprint density at radius 3 is 2.64 bits per heavy atom. The largest absolute Gasteiger partial charge is 0.445 e. The van der Waals surface area contributed by atoms with Gasteiger partial charge in [0.25, 0.3) is 0 Å². The van der Waals surface area contributed by atoms with E-state index >= 15 is 0 Å². The lowest BCUT2D eigenvalue weighted by Gasteiger charge is -2.20. The van der Waals surface area contributed by atoms with Crippen molar-refractivity contribution in [2.45, 2.75) is 31.9 Å². The quantitative estimate of drug-likeness (QED) is 0.860. The minimum Gasteiger partial charge on any atom is -0.445 e. The molecule has 1 saturated carbocycles. The van der Waals surface area contributed by atoms with Gasteiger partial charge in [-0.15, -0.1) is 0 Å². The summed E-state index contributed by atoms with van der Waals surface area (Å²) in [4.78, 5) is 12.1. The molecular formula is C18H18BrNO2. The van der Waals surface area contributed by atoms with E-state index in [4.69, 9.17) is 4.74 Å². The second-order valence-electron chi connectivity index (χ2n) is 5.73. The minimum absolute atomic E-state index is 0.262. The molecule has 114 valence electrons. The summed E-state index contributed by atoms with van der Waals surface area (Å²) in [5.41, 5.74) is 3.07. The number of amides is 1. The van der Waals surface area contributed by atoms with Gasteiger partial charge in [0.1, 0.15) is 6.61 Å². The average molecular weight is 360 g/mol. The van der Waals surface area contributed by atoms with E-state index in [9.17, 15) is 4.79 Å². The zero-order valence-electron chi connectivity index (χ0n) is 12.4. The summed E-state index contributed by atoms with van der Waals surface area (Å²) >= 11 is 3.50. The number of hydrogen-bond acceptors (Lipinski definition) is 2. The van der Waals surface area contributed by atoms with Crippen molar-refractivity contribution in [1.82, 2.24) is 5.32 Å². The van der Waals surface area contributed by atoms with E-state index in [1.54, 1.807) is 0 Å². The number of nitrogens with one attached hydrogen (secondary N) is 1. The van der Waals surface area contributed by atoms with E-state index in [0.29, 0.717) is 6.61 Å². The van der Waals surface area contributed by atoms with E-state index in [0.717, 1.165) is 22.9 Å². The molecule has 22 heavy (non-hydrogen) atoms. The number of carbonyl (C=O) groups is 1. The monoisotopic (exact) mass is 359 g/mol. The highest BCUT2D eigenvalue weighted by atomic mass is 79.9. The van der Waals surface area contributed by atoms with Crippen molar-refractivity contribution in [3.05, 3.63) is 69.7 Å². The van der Waals surface area contributed by atoms with Gasteiger partial charge in [-0.05, 0) is 48.6 Å². The standard InChI is InChI=1S/C18H18BrNO2/c1-13-7-8-15(19)11-16(13)18(9-10-18)20-17(21)22-12-14-5-3-2-4-6-14/h2-8,11H,9-10,12H2,1H3,(H,20,21). The summed E-state index contributed by atoms with van der Waals surface area (Å²) in [6, 6.07) is 15.9. The fourth-order valence-corrected chi connectivity index (χ4v) is 3.01. The fraction of sp³-hybridized carbons (Fsp3) is 0.278. The smallest absolute Gasteiger partial charge is 0.408 e. The second kappa shape index (κ2) is 6.13. The van der Waals surface area contributed by atoms with Crippen molar-refractivity contribution in [2.75, 3.05) is 0 Å². The van der Waals surface area contributed by atoms with Crippen molar-refractivity contribution in [2.24, 2.45) is 0 Å². The number of ether oxygens (including phenoxy) is 1. The molecule has 0 atom stereocenters. The molecule has 2 aromatic carbocycles. The maximum absolute atomic E-state index is 12.1. The first kappa shape index (κ1) is 15.1. The van der Waals surface area contributed by atoms with Gasteiger partial charge >= 0.3 is 6.09 Å². The number of halogens is 1. The van der Waals surface area contributed by atoms with Gasteiger partial charge in [0.2, 0.25) is 0 Å². The summed E-state index contributed by atoms with van der Waals surface area (Å²) in [7, 11) is 0. The van der Waals surface area contributed by atoms with Gasteiger partial charge < -0.3 is 10.1 Å². The molecule has 1 aliphatic carbocycles. The Balaban J connectivity index is 1.65. The van der Waals surface area contributed by atoms with Crippen LogP contribution in [0.4, 0.5) is 4.79 Å². The molecule has 1 amide bonds. The van der Waals surface area contributed by atoms with Crippen molar-refractivity contribution in [3.63, 3.8) is 0 Å². The van der Waals surface area contributed by atoms with Crippen molar-refractivity contribution < 1.29 is 9.53 Å². The van der Waals surface area contributed by atoms with Crippen LogP contribution >= 0.6 is 15.9 Å². The van der Waals surface area contributed by atoms with E-state index in [1.807, 2.05) is 36.4 Å². The van der Waals surface area contributed by atoms with Gasteiger partial charge in [0.15, 0.2) is 0 Å². The van der Waals surface area contributed by atoms with Crippen LogP contribution in [-0.2, 0) is 16.9 Å². The molecule has 1 fully saturated rings. The molecule has 0 radical (unpaired) electrons. The summed E-state index contributed by atoms with van der Waals surface area (Å²) < 4.78 is 6.36. The molecule has 0 heterocycles. The zero-order chi connectivity index (χ0) is 15.6. The minimum atomic E-state index is -0.360. The van der Waals surface area contributed by atoms with Crippen LogP contribution in [0.3, 0.4) is 0 Å². The topological polar surface area (TPSA) is 38.3 Å². The molecule has 4 heteroatoms. The predicted molar refractivity (Wildman–Crippen MR) is 89.6 cm³/mol. The molecule has 0 saturated heterocycles. The number of alkyl carbamates (subject to hydrolysis) is 1. The van der Waals surface area contributed by atoms with Crippen LogP contribution in [0.2, 0.25) is 0 Å². The van der Waals surface area contributed by atoms with E-state index in [-0.39, 0.29) is 11.6 Å². The van der Waals surface area contributed by atoms with Crippen LogP contribution in [-0.4, -0.2) is 6.09 Å². The van der Waals surface area contributed by atoms with Gasteiger partial charge in [-0.25, -0.2) is 4.79 Å². The Morgan fingerprint density at radius 1 is 1.23 bits per heavy atom. The normalized spacial score (nSPS) is 15.2. The van der Waals surface area contributed by atoms with Crippen molar-refractivity contribution in [3.8, 4) is 0 Å². The third-order valence-corrected chi connectivity index (χ3v) is 4.51. The van der Waals surface area contributed by atoms with E-state index < -0.39 is 0 Å². The third-order valence-electron chi connectivity index (χ3n) is 4.02. The first-order valence-corrected chi connectivity index (χ1v) is 8.14. The van der Waals surface area contributed by atoms with Crippen LogP contribution in [0.1, 0.15) is 29.5 Å². The van der Waals surface area contributed by atoms with Crippen LogP contribution < -0.4 is 5.32 Å². The Hall–Kier alpha value is -1.81. The zero-order valence-corrected chi connectivity index (χ0v) is 14.0. The molecular weight excluding hydrogens is 342 g/mol. The fourth-order valence-electron chi connectivity index (χ4n) is 2.65. The summed E-state index contributed by atoms with van der Waals surface area (Å²) in [5.74, 6) is 0. The van der Waals surface area contributed by atoms with Gasteiger partial charge in [-0.3, -0.25) is 0 Å². The van der Waals surface area contributed by atoms with E-state index in [2.05, 4.69) is 40.3 Å². The maximum Gasteiger partial charge on any atom is 0.408 e. The number of carbonyl (C=O) groups excluding carboxylic acids is 1. The highest BCUT2D eigenvalue weighted by Gasteiger charge is 2.47. The highest BCUT2D eigenvalue weighted by molar-refractivity contribution is 9.10. The molecule has 0 aliphatic heterocycles. The average Bonchev–Trinajstić information content (AvgIpc) is 3.29.